The predicted molar refractivity (Wildman–Crippen MR) is 82.0 cm³/mol. The summed E-state index contributed by atoms with van der Waals surface area (Å²) in [7, 11) is 0. The van der Waals surface area contributed by atoms with E-state index in [0.29, 0.717) is 12.6 Å². The molecule has 1 heterocycles. The summed E-state index contributed by atoms with van der Waals surface area (Å²) in [5, 5.41) is 3.28. The SMILES string of the molecule is O=C(C1CSCN1)N(Cc1ccccc1Br)C1CC1. The summed E-state index contributed by atoms with van der Waals surface area (Å²) in [6.45, 7) is 0.716. The molecule has 1 aliphatic heterocycles. The number of nitrogens with zero attached hydrogens (tertiary/aromatic N) is 1. The van der Waals surface area contributed by atoms with Crippen LogP contribution in [0.15, 0.2) is 28.7 Å². The molecule has 102 valence electrons. The third-order valence-corrected chi connectivity index (χ3v) is 5.30. The van der Waals surface area contributed by atoms with Gasteiger partial charge in [-0.1, -0.05) is 34.1 Å². The van der Waals surface area contributed by atoms with Gasteiger partial charge < -0.3 is 4.90 Å². The van der Waals surface area contributed by atoms with Gasteiger partial charge in [-0.3, -0.25) is 10.1 Å². The van der Waals surface area contributed by atoms with Crippen LogP contribution < -0.4 is 5.32 Å². The second-order valence-electron chi connectivity index (χ2n) is 5.06. The van der Waals surface area contributed by atoms with Crippen LogP contribution in [0.5, 0.6) is 0 Å². The fourth-order valence-corrected chi connectivity index (χ4v) is 3.68. The highest BCUT2D eigenvalue weighted by atomic mass is 79.9. The normalized spacial score (nSPS) is 22.5. The number of carbonyl (C=O) groups is 1. The molecule has 2 aliphatic rings. The Balaban J connectivity index is 1.74. The number of thioether (sulfide) groups is 1. The maximum Gasteiger partial charge on any atom is 0.241 e. The average molecular weight is 341 g/mol. The van der Waals surface area contributed by atoms with Crippen molar-refractivity contribution in [2.75, 3.05) is 11.6 Å². The standard InChI is InChI=1S/C14H17BrN2OS/c15-12-4-2-1-3-10(12)7-17(11-5-6-11)14(18)13-8-19-9-16-13/h1-4,11,13,16H,5-9H2. The van der Waals surface area contributed by atoms with Gasteiger partial charge in [0.2, 0.25) is 5.91 Å². The Bertz CT molecular complexity index is 472. The summed E-state index contributed by atoms with van der Waals surface area (Å²) in [5.74, 6) is 2.06. The Morgan fingerprint density at radius 2 is 2.21 bits per heavy atom. The van der Waals surface area contributed by atoms with Gasteiger partial charge in [0.1, 0.15) is 0 Å². The van der Waals surface area contributed by atoms with Crippen molar-refractivity contribution in [2.24, 2.45) is 0 Å². The van der Waals surface area contributed by atoms with Gasteiger partial charge in [-0.25, -0.2) is 0 Å². The van der Waals surface area contributed by atoms with Crippen LogP contribution in [0.2, 0.25) is 0 Å². The van der Waals surface area contributed by atoms with E-state index in [4.69, 9.17) is 0 Å². The van der Waals surface area contributed by atoms with Crippen LogP contribution in [-0.2, 0) is 11.3 Å². The van der Waals surface area contributed by atoms with Crippen LogP contribution in [0.25, 0.3) is 0 Å². The monoisotopic (exact) mass is 340 g/mol. The highest BCUT2D eigenvalue weighted by Gasteiger charge is 2.36. The summed E-state index contributed by atoms with van der Waals surface area (Å²) in [6.07, 6.45) is 2.30. The Labute approximate surface area is 126 Å². The molecule has 1 saturated heterocycles. The largest absolute Gasteiger partial charge is 0.334 e. The number of rotatable bonds is 4. The molecular formula is C14H17BrN2OS. The highest BCUT2D eigenvalue weighted by molar-refractivity contribution is 9.10. The molecule has 0 spiro atoms. The molecule has 0 radical (unpaired) electrons. The van der Waals surface area contributed by atoms with Crippen molar-refractivity contribution in [1.29, 1.82) is 0 Å². The first-order valence-electron chi connectivity index (χ1n) is 6.61. The van der Waals surface area contributed by atoms with Crippen molar-refractivity contribution >= 4 is 33.6 Å². The van der Waals surface area contributed by atoms with Gasteiger partial charge >= 0.3 is 0 Å². The van der Waals surface area contributed by atoms with Gasteiger partial charge in [-0.05, 0) is 24.5 Å². The van der Waals surface area contributed by atoms with Crippen molar-refractivity contribution in [3.8, 4) is 0 Å². The molecule has 5 heteroatoms. The van der Waals surface area contributed by atoms with E-state index < -0.39 is 0 Å². The second kappa shape index (κ2) is 5.85. The number of hydrogen-bond donors (Lipinski definition) is 1. The van der Waals surface area contributed by atoms with Gasteiger partial charge in [-0.2, -0.15) is 0 Å². The van der Waals surface area contributed by atoms with Crippen molar-refractivity contribution in [3.05, 3.63) is 34.3 Å². The number of carbonyl (C=O) groups excluding carboxylic acids is 1. The van der Waals surface area contributed by atoms with E-state index in [1.165, 1.54) is 5.56 Å². The first kappa shape index (κ1) is 13.5. The van der Waals surface area contributed by atoms with Crippen LogP contribution in [0.4, 0.5) is 0 Å². The minimum atomic E-state index is 0.00749. The fourth-order valence-electron chi connectivity index (χ4n) is 2.34. The molecule has 1 amide bonds. The fraction of sp³-hybridized carbons (Fsp3) is 0.500. The quantitative estimate of drug-likeness (QED) is 0.914. The molecule has 1 atom stereocenters. The lowest BCUT2D eigenvalue weighted by Gasteiger charge is -2.26. The van der Waals surface area contributed by atoms with Crippen LogP contribution in [0, 0.1) is 0 Å². The minimum absolute atomic E-state index is 0.00749. The molecule has 1 unspecified atom stereocenters. The lowest BCUT2D eigenvalue weighted by Crippen LogP contribution is -2.45. The molecule has 2 fully saturated rings. The molecule has 1 aliphatic carbocycles. The van der Waals surface area contributed by atoms with Gasteiger partial charge in [0.05, 0.1) is 6.04 Å². The summed E-state index contributed by atoms with van der Waals surface area (Å²) in [6, 6.07) is 8.61. The summed E-state index contributed by atoms with van der Waals surface area (Å²) >= 11 is 5.37. The zero-order valence-corrected chi connectivity index (χ0v) is 13.0. The zero-order chi connectivity index (χ0) is 13.2. The highest BCUT2D eigenvalue weighted by Crippen LogP contribution is 2.31. The topological polar surface area (TPSA) is 32.3 Å². The number of halogens is 1. The van der Waals surface area contributed by atoms with Gasteiger partial charge in [0, 0.05) is 28.7 Å². The number of amides is 1. The lowest BCUT2D eigenvalue weighted by molar-refractivity contribution is -0.133. The molecule has 3 rings (SSSR count). The molecular weight excluding hydrogens is 324 g/mol. The zero-order valence-electron chi connectivity index (χ0n) is 10.6. The number of hydrogen-bond acceptors (Lipinski definition) is 3. The Hall–Kier alpha value is -0.520. The van der Waals surface area contributed by atoms with Crippen molar-refractivity contribution in [1.82, 2.24) is 10.2 Å². The maximum absolute atomic E-state index is 12.6. The van der Waals surface area contributed by atoms with Crippen LogP contribution >= 0.6 is 27.7 Å². The maximum atomic E-state index is 12.6. The number of benzene rings is 1. The van der Waals surface area contributed by atoms with Gasteiger partial charge in [-0.15, -0.1) is 11.8 Å². The average Bonchev–Trinajstić information content (AvgIpc) is 3.11. The van der Waals surface area contributed by atoms with Crippen molar-refractivity contribution in [2.45, 2.75) is 31.5 Å². The predicted octanol–water partition coefficient (Wildman–Crippen LogP) is 2.60. The minimum Gasteiger partial charge on any atom is -0.334 e. The smallest absolute Gasteiger partial charge is 0.241 e. The summed E-state index contributed by atoms with van der Waals surface area (Å²) in [4.78, 5) is 14.6. The van der Waals surface area contributed by atoms with E-state index in [0.717, 1.165) is 28.9 Å². The molecule has 3 nitrogen and oxygen atoms in total. The lowest BCUT2D eigenvalue weighted by atomic mass is 10.2. The van der Waals surface area contributed by atoms with E-state index in [-0.39, 0.29) is 11.9 Å². The summed E-state index contributed by atoms with van der Waals surface area (Å²) < 4.78 is 1.09. The van der Waals surface area contributed by atoms with Crippen molar-refractivity contribution in [3.63, 3.8) is 0 Å². The molecule has 0 bridgehead atoms. The van der Waals surface area contributed by atoms with E-state index in [2.05, 4.69) is 32.2 Å². The van der Waals surface area contributed by atoms with E-state index in [1.54, 1.807) is 11.8 Å². The first-order chi connectivity index (χ1) is 9.25. The first-order valence-corrected chi connectivity index (χ1v) is 8.55. The molecule has 1 aromatic rings. The summed E-state index contributed by atoms with van der Waals surface area (Å²) in [5.41, 5.74) is 1.19. The van der Waals surface area contributed by atoms with Gasteiger partial charge in [0.25, 0.3) is 0 Å². The molecule has 19 heavy (non-hydrogen) atoms. The Morgan fingerprint density at radius 3 is 2.84 bits per heavy atom. The van der Waals surface area contributed by atoms with Gasteiger partial charge in [0.15, 0.2) is 0 Å². The van der Waals surface area contributed by atoms with E-state index >= 15 is 0 Å². The van der Waals surface area contributed by atoms with Crippen LogP contribution in [0.3, 0.4) is 0 Å². The third-order valence-electron chi connectivity index (χ3n) is 3.58. The molecule has 0 aromatic heterocycles. The molecule has 1 N–H and O–H groups in total. The Morgan fingerprint density at radius 1 is 1.42 bits per heavy atom. The second-order valence-corrected chi connectivity index (χ2v) is 6.95. The number of nitrogens with one attached hydrogen (secondary N) is 1. The van der Waals surface area contributed by atoms with Crippen LogP contribution in [0.1, 0.15) is 18.4 Å². The van der Waals surface area contributed by atoms with Crippen molar-refractivity contribution < 1.29 is 4.79 Å². The Kier molecular flexibility index (Phi) is 4.15. The van der Waals surface area contributed by atoms with E-state index in [1.807, 2.05) is 18.2 Å². The molecule has 1 saturated carbocycles. The van der Waals surface area contributed by atoms with E-state index in [9.17, 15) is 4.79 Å². The third kappa shape index (κ3) is 3.15. The van der Waals surface area contributed by atoms with Crippen LogP contribution in [-0.4, -0.2) is 34.5 Å². The molecule has 1 aromatic carbocycles.